The number of fused-ring (bicyclic) bond motifs is 1. The second-order valence-electron chi connectivity index (χ2n) is 7.93. The number of rotatable bonds is 7. The van der Waals surface area contributed by atoms with E-state index in [1.54, 1.807) is 31.4 Å². The summed E-state index contributed by atoms with van der Waals surface area (Å²) < 4.78 is 7.35. The van der Waals surface area contributed by atoms with Crippen LogP contribution in [-0.4, -0.2) is 52.3 Å². The number of aromatic nitrogens is 3. The predicted molar refractivity (Wildman–Crippen MR) is 119 cm³/mol. The van der Waals surface area contributed by atoms with Crippen molar-refractivity contribution in [2.75, 3.05) is 26.7 Å². The molecule has 0 atom stereocenters. The monoisotopic (exact) mass is 419 g/mol. The average Bonchev–Trinajstić information content (AvgIpc) is 3.06. The Morgan fingerprint density at radius 3 is 2.71 bits per heavy atom. The summed E-state index contributed by atoms with van der Waals surface area (Å²) in [6.45, 7) is 6.41. The number of carbonyl (C=O) groups is 1. The van der Waals surface area contributed by atoms with E-state index in [0.29, 0.717) is 18.5 Å². The van der Waals surface area contributed by atoms with Crippen molar-refractivity contribution in [1.82, 2.24) is 25.0 Å². The van der Waals surface area contributed by atoms with Gasteiger partial charge in [-0.2, -0.15) is 0 Å². The summed E-state index contributed by atoms with van der Waals surface area (Å²) in [5.74, 6) is 2.60. The van der Waals surface area contributed by atoms with E-state index in [1.807, 2.05) is 0 Å². The molecule has 1 aliphatic heterocycles. The molecule has 0 spiro atoms. The number of carbonyl (C=O) groups excluding carboxylic acids is 1. The van der Waals surface area contributed by atoms with E-state index in [0.717, 1.165) is 50.0 Å². The highest BCUT2D eigenvalue weighted by Crippen LogP contribution is 2.14. The first-order valence-electron chi connectivity index (χ1n) is 10.7. The minimum Gasteiger partial charge on any atom is -0.497 e. The third kappa shape index (κ3) is 5.30. The summed E-state index contributed by atoms with van der Waals surface area (Å²) in [4.78, 5) is 14.8. The Balaban J connectivity index is 1.30. The Kier molecular flexibility index (Phi) is 6.62. The van der Waals surface area contributed by atoms with Crippen molar-refractivity contribution >= 4 is 5.91 Å². The van der Waals surface area contributed by atoms with Crippen molar-refractivity contribution in [3.63, 3.8) is 0 Å². The molecule has 1 aliphatic rings. The Morgan fingerprint density at radius 1 is 1.10 bits per heavy atom. The minimum atomic E-state index is -0.0948. The first-order chi connectivity index (χ1) is 15.1. The van der Waals surface area contributed by atoms with Crippen LogP contribution in [0.15, 0.2) is 48.5 Å². The van der Waals surface area contributed by atoms with E-state index in [2.05, 4.69) is 56.2 Å². The Labute approximate surface area is 183 Å². The lowest BCUT2D eigenvalue weighted by Gasteiger charge is -2.20. The summed E-state index contributed by atoms with van der Waals surface area (Å²) in [7, 11) is 1.61. The summed E-state index contributed by atoms with van der Waals surface area (Å²) in [5, 5.41) is 11.8. The third-order valence-electron chi connectivity index (χ3n) is 5.67. The van der Waals surface area contributed by atoms with Crippen molar-refractivity contribution in [2.45, 2.75) is 32.9 Å². The molecule has 2 aromatic carbocycles. The molecule has 162 valence electrons. The number of methoxy groups -OCH3 is 1. The number of ether oxygens (including phenoxy) is 1. The van der Waals surface area contributed by atoms with Gasteiger partial charge in [0.2, 0.25) is 0 Å². The molecule has 1 amide bonds. The molecule has 2 heterocycles. The second-order valence-corrected chi connectivity index (χ2v) is 7.93. The number of hydrogen-bond acceptors (Lipinski definition) is 5. The van der Waals surface area contributed by atoms with Crippen LogP contribution < -0.4 is 10.1 Å². The van der Waals surface area contributed by atoms with Crippen LogP contribution in [0.1, 0.15) is 33.1 Å². The zero-order chi connectivity index (χ0) is 21.6. The van der Waals surface area contributed by atoms with E-state index in [4.69, 9.17) is 4.74 Å². The Bertz CT molecular complexity index is 1030. The van der Waals surface area contributed by atoms with Crippen LogP contribution in [0.2, 0.25) is 0 Å². The molecule has 0 saturated heterocycles. The molecule has 1 N–H and O–H groups in total. The molecule has 7 nitrogen and oxygen atoms in total. The molecule has 4 rings (SSSR count). The normalized spacial score (nSPS) is 14.0. The second kappa shape index (κ2) is 9.75. The first-order valence-corrected chi connectivity index (χ1v) is 10.7. The fourth-order valence-corrected chi connectivity index (χ4v) is 3.97. The average molecular weight is 420 g/mol. The third-order valence-corrected chi connectivity index (χ3v) is 5.67. The molecule has 0 bridgehead atoms. The zero-order valence-corrected chi connectivity index (χ0v) is 18.2. The van der Waals surface area contributed by atoms with Crippen molar-refractivity contribution in [3.8, 4) is 5.75 Å². The smallest absolute Gasteiger partial charge is 0.251 e. The van der Waals surface area contributed by atoms with Gasteiger partial charge in [-0.25, -0.2) is 0 Å². The molecule has 3 aromatic rings. The van der Waals surface area contributed by atoms with Crippen molar-refractivity contribution < 1.29 is 9.53 Å². The van der Waals surface area contributed by atoms with Crippen LogP contribution in [-0.2, 0) is 25.9 Å². The summed E-state index contributed by atoms with van der Waals surface area (Å²) >= 11 is 0. The zero-order valence-electron chi connectivity index (χ0n) is 18.2. The van der Waals surface area contributed by atoms with Gasteiger partial charge in [-0.15, -0.1) is 10.2 Å². The van der Waals surface area contributed by atoms with Gasteiger partial charge in [0.25, 0.3) is 5.91 Å². The summed E-state index contributed by atoms with van der Waals surface area (Å²) in [5.41, 5.74) is 3.26. The van der Waals surface area contributed by atoms with Gasteiger partial charge in [0, 0.05) is 51.1 Å². The fourth-order valence-electron chi connectivity index (χ4n) is 3.97. The molecule has 31 heavy (non-hydrogen) atoms. The highest BCUT2D eigenvalue weighted by molar-refractivity contribution is 5.94. The van der Waals surface area contributed by atoms with Crippen LogP contribution in [0.5, 0.6) is 5.75 Å². The SMILES string of the molecule is COc1ccc(C(=O)NCCc2nnc3n2CCN(Cc2cccc(C)c2)CC3)cc1. The van der Waals surface area contributed by atoms with E-state index in [-0.39, 0.29) is 5.91 Å². The van der Waals surface area contributed by atoms with Crippen LogP contribution >= 0.6 is 0 Å². The summed E-state index contributed by atoms with van der Waals surface area (Å²) in [6, 6.07) is 15.8. The Morgan fingerprint density at radius 2 is 1.94 bits per heavy atom. The van der Waals surface area contributed by atoms with E-state index >= 15 is 0 Å². The lowest BCUT2D eigenvalue weighted by atomic mass is 10.1. The number of nitrogens with zero attached hydrogens (tertiary/aromatic N) is 4. The van der Waals surface area contributed by atoms with Gasteiger partial charge < -0.3 is 14.6 Å². The molecular formula is C24H29N5O2. The molecule has 0 unspecified atom stereocenters. The quantitative estimate of drug-likeness (QED) is 0.637. The number of hydrogen-bond donors (Lipinski definition) is 1. The van der Waals surface area contributed by atoms with Crippen molar-refractivity contribution in [2.24, 2.45) is 0 Å². The lowest BCUT2D eigenvalue weighted by Crippen LogP contribution is -2.28. The molecule has 0 saturated carbocycles. The molecular weight excluding hydrogens is 390 g/mol. The Hall–Kier alpha value is -3.19. The molecule has 1 aromatic heterocycles. The van der Waals surface area contributed by atoms with Gasteiger partial charge in [0.15, 0.2) is 0 Å². The first kappa shape index (κ1) is 21.1. The van der Waals surface area contributed by atoms with Crippen LogP contribution in [0.4, 0.5) is 0 Å². The van der Waals surface area contributed by atoms with E-state index in [1.165, 1.54) is 11.1 Å². The lowest BCUT2D eigenvalue weighted by molar-refractivity contribution is 0.0954. The number of benzene rings is 2. The van der Waals surface area contributed by atoms with Gasteiger partial charge in [0.05, 0.1) is 7.11 Å². The minimum absolute atomic E-state index is 0.0948. The number of aryl methyl sites for hydroxylation is 1. The van der Waals surface area contributed by atoms with Crippen LogP contribution in [0.3, 0.4) is 0 Å². The maximum Gasteiger partial charge on any atom is 0.251 e. The largest absolute Gasteiger partial charge is 0.497 e. The van der Waals surface area contributed by atoms with Crippen LogP contribution in [0.25, 0.3) is 0 Å². The van der Waals surface area contributed by atoms with Gasteiger partial charge in [-0.05, 0) is 36.8 Å². The molecule has 0 radical (unpaired) electrons. The number of amides is 1. The number of nitrogens with one attached hydrogen (secondary N) is 1. The van der Waals surface area contributed by atoms with Gasteiger partial charge in [-0.3, -0.25) is 9.69 Å². The highest BCUT2D eigenvalue weighted by Gasteiger charge is 2.19. The van der Waals surface area contributed by atoms with Gasteiger partial charge in [0.1, 0.15) is 17.4 Å². The maximum atomic E-state index is 12.4. The fraction of sp³-hybridized carbons (Fsp3) is 0.375. The predicted octanol–water partition coefficient (Wildman–Crippen LogP) is 2.63. The van der Waals surface area contributed by atoms with Crippen molar-refractivity contribution in [3.05, 3.63) is 76.9 Å². The standard InChI is InChI=1S/C24H29N5O2/c1-18-4-3-5-19(16-18)17-28-13-11-23-27-26-22(29(23)15-14-28)10-12-25-24(30)20-6-8-21(31-2)9-7-20/h3-9,16H,10-15,17H2,1-2H3,(H,25,30). The van der Waals surface area contributed by atoms with Crippen molar-refractivity contribution in [1.29, 1.82) is 0 Å². The summed E-state index contributed by atoms with van der Waals surface area (Å²) in [6.07, 6.45) is 1.55. The maximum absolute atomic E-state index is 12.4. The molecule has 0 aliphatic carbocycles. The van der Waals surface area contributed by atoms with E-state index < -0.39 is 0 Å². The highest BCUT2D eigenvalue weighted by atomic mass is 16.5. The molecule has 0 fully saturated rings. The molecule has 7 heteroatoms. The van der Waals surface area contributed by atoms with Gasteiger partial charge >= 0.3 is 0 Å². The topological polar surface area (TPSA) is 72.3 Å². The van der Waals surface area contributed by atoms with E-state index in [9.17, 15) is 4.79 Å². The van der Waals surface area contributed by atoms with Gasteiger partial charge in [-0.1, -0.05) is 29.8 Å². The van der Waals surface area contributed by atoms with Crippen LogP contribution in [0, 0.1) is 6.92 Å².